The molecule has 3 rings (SSSR count). The zero-order chi connectivity index (χ0) is 15.4. The Hall–Kier alpha value is -2.40. The molecule has 6 heteroatoms. The first-order chi connectivity index (χ1) is 10.7. The van der Waals surface area contributed by atoms with Crippen LogP contribution in [0.15, 0.2) is 42.5 Å². The van der Waals surface area contributed by atoms with Crippen LogP contribution in [0.1, 0.15) is 0 Å². The number of carbonyl (C=O) groups is 1. The molecule has 0 bridgehead atoms. The van der Waals surface area contributed by atoms with E-state index in [2.05, 4.69) is 10.6 Å². The Morgan fingerprint density at radius 3 is 2.68 bits per heavy atom. The number of benzene rings is 2. The molecule has 0 unspecified atom stereocenters. The minimum Gasteiger partial charge on any atom is -0.486 e. The van der Waals surface area contributed by atoms with E-state index in [0.717, 1.165) is 11.4 Å². The third-order valence-electron chi connectivity index (χ3n) is 3.14. The maximum atomic E-state index is 11.9. The van der Waals surface area contributed by atoms with E-state index in [4.69, 9.17) is 21.1 Å². The van der Waals surface area contributed by atoms with E-state index in [1.807, 2.05) is 30.3 Å². The summed E-state index contributed by atoms with van der Waals surface area (Å²) < 4.78 is 10.9. The van der Waals surface area contributed by atoms with Gasteiger partial charge in [-0.15, -0.1) is 0 Å². The molecule has 1 amide bonds. The van der Waals surface area contributed by atoms with Crippen molar-refractivity contribution in [3.63, 3.8) is 0 Å². The molecule has 0 fully saturated rings. The largest absolute Gasteiger partial charge is 0.486 e. The van der Waals surface area contributed by atoms with E-state index in [9.17, 15) is 4.79 Å². The molecule has 0 radical (unpaired) electrons. The minimum atomic E-state index is -0.178. The van der Waals surface area contributed by atoms with E-state index in [1.165, 1.54) is 0 Å². The number of hydrogen-bond acceptors (Lipinski definition) is 4. The molecule has 114 valence electrons. The SMILES string of the molecule is O=C(CNc1ccc2c(c1)OCCO2)Nc1ccccc1Cl. The van der Waals surface area contributed by atoms with Gasteiger partial charge >= 0.3 is 0 Å². The van der Waals surface area contributed by atoms with E-state index in [0.29, 0.717) is 29.7 Å². The van der Waals surface area contributed by atoms with Gasteiger partial charge in [0.05, 0.1) is 17.3 Å². The fourth-order valence-corrected chi connectivity index (χ4v) is 2.28. The second-order valence-electron chi connectivity index (χ2n) is 4.74. The summed E-state index contributed by atoms with van der Waals surface area (Å²) in [6.45, 7) is 1.22. The summed E-state index contributed by atoms with van der Waals surface area (Å²) in [5, 5.41) is 6.31. The molecule has 2 aromatic carbocycles. The van der Waals surface area contributed by atoms with Gasteiger partial charge in [0, 0.05) is 11.8 Å². The Kier molecular flexibility index (Phi) is 4.34. The van der Waals surface area contributed by atoms with E-state index in [1.54, 1.807) is 12.1 Å². The van der Waals surface area contributed by atoms with Crippen molar-refractivity contribution < 1.29 is 14.3 Å². The lowest BCUT2D eigenvalue weighted by Crippen LogP contribution is -2.22. The van der Waals surface area contributed by atoms with Crippen LogP contribution < -0.4 is 20.1 Å². The average molecular weight is 319 g/mol. The van der Waals surface area contributed by atoms with Crippen LogP contribution in [0.3, 0.4) is 0 Å². The van der Waals surface area contributed by atoms with Gasteiger partial charge in [-0.1, -0.05) is 23.7 Å². The van der Waals surface area contributed by atoms with Gasteiger partial charge < -0.3 is 20.1 Å². The van der Waals surface area contributed by atoms with Crippen molar-refractivity contribution in [2.24, 2.45) is 0 Å². The van der Waals surface area contributed by atoms with Crippen molar-refractivity contribution in [3.05, 3.63) is 47.5 Å². The lowest BCUT2D eigenvalue weighted by atomic mass is 10.2. The van der Waals surface area contributed by atoms with Gasteiger partial charge in [-0.05, 0) is 24.3 Å². The normalized spacial score (nSPS) is 12.6. The number of fused-ring (bicyclic) bond motifs is 1. The number of carbonyl (C=O) groups excluding carboxylic acids is 1. The molecule has 2 N–H and O–H groups in total. The number of ether oxygens (including phenoxy) is 2. The number of amides is 1. The van der Waals surface area contributed by atoms with Crippen LogP contribution in [-0.4, -0.2) is 25.7 Å². The summed E-state index contributed by atoms with van der Waals surface area (Å²) in [5.74, 6) is 1.23. The molecule has 1 heterocycles. The van der Waals surface area contributed by atoms with Crippen LogP contribution in [0.5, 0.6) is 11.5 Å². The van der Waals surface area contributed by atoms with Crippen LogP contribution in [0, 0.1) is 0 Å². The highest BCUT2D eigenvalue weighted by molar-refractivity contribution is 6.33. The second kappa shape index (κ2) is 6.58. The lowest BCUT2D eigenvalue weighted by molar-refractivity contribution is -0.114. The number of rotatable bonds is 4. The van der Waals surface area contributed by atoms with Crippen LogP contribution in [-0.2, 0) is 4.79 Å². The maximum Gasteiger partial charge on any atom is 0.243 e. The van der Waals surface area contributed by atoms with Gasteiger partial charge in [0.25, 0.3) is 0 Å². The highest BCUT2D eigenvalue weighted by atomic mass is 35.5. The zero-order valence-corrected chi connectivity index (χ0v) is 12.5. The third-order valence-corrected chi connectivity index (χ3v) is 3.47. The molecule has 1 aliphatic rings. The molecule has 0 aliphatic carbocycles. The molecule has 0 saturated heterocycles. The Bertz CT molecular complexity index is 691. The monoisotopic (exact) mass is 318 g/mol. The Balaban J connectivity index is 1.58. The summed E-state index contributed by atoms with van der Waals surface area (Å²) >= 11 is 6.00. The van der Waals surface area contributed by atoms with Gasteiger partial charge in [-0.3, -0.25) is 4.79 Å². The molecule has 1 aliphatic heterocycles. The van der Waals surface area contributed by atoms with E-state index < -0.39 is 0 Å². The summed E-state index contributed by atoms with van der Waals surface area (Å²) in [6, 6.07) is 12.6. The van der Waals surface area contributed by atoms with Crippen molar-refractivity contribution in [1.29, 1.82) is 0 Å². The maximum absolute atomic E-state index is 11.9. The average Bonchev–Trinajstić information content (AvgIpc) is 2.55. The second-order valence-corrected chi connectivity index (χ2v) is 5.15. The smallest absolute Gasteiger partial charge is 0.243 e. The van der Waals surface area contributed by atoms with E-state index in [-0.39, 0.29) is 12.5 Å². The Labute approximate surface area is 133 Å². The van der Waals surface area contributed by atoms with Gasteiger partial charge in [0.2, 0.25) is 5.91 Å². The van der Waals surface area contributed by atoms with Crippen molar-refractivity contribution in [1.82, 2.24) is 0 Å². The minimum absolute atomic E-state index is 0.130. The molecule has 5 nitrogen and oxygen atoms in total. The number of anilines is 2. The van der Waals surface area contributed by atoms with E-state index >= 15 is 0 Å². The number of para-hydroxylation sites is 1. The van der Waals surface area contributed by atoms with Crippen LogP contribution in [0.4, 0.5) is 11.4 Å². The first kappa shape index (κ1) is 14.5. The van der Waals surface area contributed by atoms with Gasteiger partial charge in [0.1, 0.15) is 13.2 Å². The first-order valence-electron chi connectivity index (χ1n) is 6.90. The molecule has 2 aromatic rings. The van der Waals surface area contributed by atoms with Crippen LogP contribution >= 0.6 is 11.6 Å². The predicted molar refractivity (Wildman–Crippen MR) is 86.0 cm³/mol. The standard InChI is InChI=1S/C16H15ClN2O3/c17-12-3-1-2-4-13(12)19-16(20)10-18-11-5-6-14-15(9-11)22-8-7-21-14/h1-6,9,18H,7-8,10H2,(H,19,20). The lowest BCUT2D eigenvalue weighted by Gasteiger charge is -2.19. The molecule has 0 saturated carbocycles. The predicted octanol–water partition coefficient (Wildman–Crippen LogP) is 3.16. The summed E-state index contributed by atoms with van der Waals surface area (Å²) in [4.78, 5) is 11.9. The van der Waals surface area contributed by atoms with Gasteiger partial charge in [-0.25, -0.2) is 0 Å². The highest BCUT2D eigenvalue weighted by Crippen LogP contribution is 2.32. The topological polar surface area (TPSA) is 59.6 Å². The van der Waals surface area contributed by atoms with Gasteiger partial charge in [0.15, 0.2) is 11.5 Å². The summed E-state index contributed by atoms with van der Waals surface area (Å²) in [5.41, 5.74) is 1.39. The van der Waals surface area contributed by atoms with Crippen LogP contribution in [0.25, 0.3) is 0 Å². The summed E-state index contributed by atoms with van der Waals surface area (Å²) in [6.07, 6.45) is 0. The fourth-order valence-electron chi connectivity index (χ4n) is 2.09. The summed E-state index contributed by atoms with van der Waals surface area (Å²) in [7, 11) is 0. The Morgan fingerprint density at radius 2 is 1.86 bits per heavy atom. The molecular formula is C16H15ClN2O3. The number of hydrogen-bond donors (Lipinski definition) is 2. The van der Waals surface area contributed by atoms with Crippen LogP contribution in [0.2, 0.25) is 5.02 Å². The number of nitrogens with one attached hydrogen (secondary N) is 2. The molecule has 0 aromatic heterocycles. The molecule has 22 heavy (non-hydrogen) atoms. The molecule has 0 atom stereocenters. The molecule has 0 spiro atoms. The van der Waals surface area contributed by atoms with Crippen molar-refractivity contribution in [3.8, 4) is 11.5 Å². The van der Waals surface area contributed by atoms with Crippen molar-refractivity contribution >= 4 is 28.9 Å². The fraction of sp³-hybridized carbons (Fsp3) is 0.188. The third kappa shape index (κ3) is 3.43. The first-order valence-corrected chi connectivity index (χ1v) is 7.28. The zero-order valence-electron chi connectivity index (χ0n) is 11.8. The van der Waals surface area contributed by atoms with Crippen molar-refractivity contribution in [2.45, 2.75) is 0 Å². The number of halogens is 1. The highest BCUT2D eigenvalue weighted by Gasteiger charge is 2.12. The Morgan fingerprint density at radius 1 is 1.09 bits per heavy atom. The molecular weight excluding hydrogens is 304 g/mol. The quantitative estimate of drug-likeness (QED) is 0.909. The van der Waals surface area contributed by atoms with Crippen molar-refractivity contribution in [2.75, 3.05) is 30.4 Å². The van der Waals surface area contributed by atoms with Gasteiger partial charge in [-0.2, -0.15) is 0 Å².